The number of benzene rings is 2. The fraction of sp³-hybridized carbons (Fsp3) is 0.250. The summed E-state index contributed by atoms with van der Waals surface area (Å²) in [5, 5.41) is 11.1. The van der Waals surface area contributed by atoms with E-state index in [0.717, 1.165) is 18.4 Å². The summed E-state index contributed by atoms with van der Waals surface area (Å²) in [6, 6.07) is 8.53. The van der Waals surface area contributed by atoms with Crippen LogP contribution in [-0.4, -0.2) is 18.0 Å². The minimum atomic E-state index is -0.241. The van der Waals surface area contributed by atoms with Crippen molar-refractivity contribution in [2.24, 2.45) is 0 Å². The molecule has 1 N–H and O–H groups in total. The predicted octanol–water partition coefficient (Wildman–Crippen LogP) is 5.29. The first-order valence-corrected chi connectivity index (χ1v) is 8.47. The van der Waals surface area contributed by atoms with Gasteiger partial charge < -0.3 is 14.3 Å². The summed E-state index contributed by atoms with van der Waals surface area (Å²) in [6.45, 7) is 3.81. The minimum absolute atomic E-state index is 0.0495. The van der Waals surface area contributed by atoms with Gasteiger partial charge in [-0.2, -0.15) is 0 Å². The Morgan fingerprint density at radius 3 is 2.56 bits per heavy atom. The number of phenols is 1. The molecule has 0 fully saturated rings. The molecule has 2 aromatic carbocycles. The molecule has 1 aromatic heterocycles. The number of methoxy groups -OCH3 is 1. The molecule has 0 spiro atoms. The van der Waals surface area contributed by atoms with E-state index >= 15 is 0 Å². The van der Waals surface area contributed by atoms with Crippen LogP contribution >= 0.6 is 11.6 Å². The highest BCUT2D eigenvalue weighted by Crippen LogP contribution is 2.40. The maximum absolute atomic E-state index is 12.9. The Morgan fingerprint density at radius 1 is 1.28 bits per heavy atom. The lowest BCUT2D eigenvalue weighted by atomic mass is 10.0. The van der Waals surface area contributed by atoms with Gasteiger partial charge in [0, 0.05) is 11.1 Å². The molecular formula is C20H19ClO4. The van der Waals surface area contributed by atoms with Gasteiger partial charge in [0.15, 0.2) is 5.76 Å². The average Bonchev–Trinajstić information content (AvgIpc) is 2.97. The number of aromatic hydroxyl groups is 1. The van der Waals surface area contributed by atoms with Crippen LogP contribution in [0.15, 0.2) is 34.7 Å². The maximum atomic E-state index is 12.9. The Kier molecular flexibility index (Phi) is 4.73. The zero-order valence-corrected chi connectivity index (χ0v) is 15.1. The van der Waals surface area contributed by atoms with Crippen molar-refractivity contribution in [1.82, 2.24) is 0 Å². The average molecular weight is 359 g/mol. The predicted molar refractivity (Wildman–Crippen MR) is 98.0 cm³/mol. The highest BCUT2D eigenvalue weighted by atomic mass is 35.5. The maximum Gasteiger partial charge on any atom is 0.228 e. The molecule has 0 unspecified atom stereocenters. The first-order valence-electron chi connectivity index (χ1n) is 8.10. The van der Waals surface area contributed by atoms with Gasteiger partial charge in [-0.05, 0) is 49.2 Å². The molecule has 0 atom stereocenters. The monoisotopic (exact) mass is 358 g/mol. The molecule has 25 heavy (non-hydrogen) atoms. The Hall–Kier alpha value is -2.46. The molecule has 0 amide bonds. The third-order valence-electron chi connectivity index (χ3n) is 4.28. The SMILES string of the molecule is CCCc1cc(Cl)c(O)c2c(C)c(C(=O)c3ccc(OC)cc3)oc12. The van der Waals surface area contributed by atoms with Gasteiger partial charge in [0.1, 0.15) is 17.1 Å². The summed E-state index contributed by atoms with van der Waals surface area (Å²) in [7, 11) is 1.57. The number of rotatable bonds is 5. The number of aryl methyl sites for hydroxylation is 2. The topological polar surface area (TPSA) is 59.7 Å². The van der Waals surface area contributed by atoms with Crippen molar-refractivity contribution < 1.29 is 19.1 Å². The van der Waals surface area contributed by atoms with E-state index in [1.165, 1.54) is 0 Å². The normalized spacial score (nSPS) is 11.0. The molecule has 4 nitrogen and oxygen atoms in total. The number of ether oxygens (including phenoxy) is 1. The quantitative estimate of drug-likeness (QED) is 0.629. The zero-order chi connectivity index (χ0) is 18.1. The summed E-state index contributed by atoms with van der Waals surface area (Å²) in [5.41, 5.74) is 2.49. The third kappa shape index (κ3) is 2.98. The van der Waals surface area contributed by atoms with Crippen LogP contribution in [0.1, 0.15) is 40.6 Å². The van der Waals surface area contributed by atoms with Crippen LogP contribution in [0, 0.1) is 6.92 Å². The summed E-state index contributed by atoms with van der Waals surface area (Å²) in [4.78, 5) is 12.9. The molecule has 130 valence electrons. The number of hydrogen-bond donors (Lipinski definition) is 1. The number of furan rings is 1. The van der Waals surface area contributed by atoms with E-state index in [4.69, 9.17) is 20.8 Å². The molecule has 0 aliphatic heterocycles. The van der Waals surface area contributed by atoms with E-state index in [1.807, 2.05) is 6.92 Å². The van der Waals surface area contributed by atoms with Crippen LogP contribution in [0.3, 0.4) is 0 Å². The first-order chi connectivity index (χ1) is 12.0. The van der Waals surface area contributed by atoms with Gasteiger partial charge in [0.05, 0.1) is 17.5 Å². The van der Waals surface area contributed by atoms with E-state index in [1.54, 1.807) is 44.4 Å². The molecule has 3 rings (SSSR count). The van der Waals surface area contributed by atoms with Crippen LogP contribution in [-0.2, 0) is 6.42 Å². The number of carbonyl (C=O) groups is 1. The van der Waals surface area contributed by atoms with E-state index in [-0.39, 0.29) is 22.3 Å². The van der Waals surface area contributed by atoms with E-state index in [0.29, 0.717) is 27.8 Å². The van der Waals surface area contributed by atoms with Crippen LogP contribution in [0.5, 0.6) is 11.5 Å². The number of halogens is 1. The number of phenolic OH excluding ortho intramolecular Hbond substituents is 1. The van der Waals surface area contributed by atoms with Crippen molar-refractivity contribution in [3.8, 4) is 11.5 Å². The highest BCUT2D eigenvalue weighted by molar-refractivity contribution is 6.33. The van der Waals surface area contributed by atoms with Crippen LogP contribution in [0.2, 0.25) is 5.02 Å². The summed E-state index contributed by atoms with van der Waals surface area (Å²) in [6.07, 6.45) is 1.65. The van der Waals surface area contributed by atoms with E-state index in [9.17, 15) is 9.90 Å². The van der Waals surface area contributed by atoms with E-state index in [2.05, 4.69) is 0 Å². The highest BCUT2D eigenvalue weighted by Gasteiger charge is 2.24. The first kappa shape index (κ1) is 17.4. The minimum Gasteiger partial charge on any atom is -0.506 e. The molecule has 5 heteroatoms. The van der Waals surface area contributed by atoms with Gasteiger partial charge in [0.2, 0.25) is 5.78 Å². The summed E-state index contributed by atoms with van der Waals surface area (Å²) >= 11 is 6.15. The molecule has 0 saturated heterocycles. The van der Waals surface area contributed by atoms with Crippen molar-refractivity contribution >= 4 is 28.4 Å². The molecule has 0 radical (unpaired) electrons. The van der Waals surface area contributed by atoms with Crippen molar-refractivity contribution in [2.45, 2.75) is 26.7 Å². The third-order valence-corrected chi connectivity index (χ3v) is 4.57. The fourth-order valence-electron chi connectivity index (χ4n) is 2.98. The lowest BCUT2D eigenvalue weighted by Gasteiger charge is -2.04. The van der Waals surface area contributed by atoms with Crippen molar-refractivity contribution in [2.75, 3.05) is 7.11 Å². The van der Waals surface area contributed by atoms with Crippen LogP contribution < -0.4 is 4.74 Å². The van der Waals surface area contributed by atoms with Gasteiger partial charge in [-0.3, -0.25) is 4.79 Å². The molecule has 0 saturated carbocycles. The largest absolute Gasteiger partial charge is 0.506 e. The second-order valence-electron chi connectivity index (χ2n) is 5.93. The number of hydrogen-bond acceptors (Lipinski definition) is 4. The molecule has 0 aliphatic rings. The Labute approximate surface area is 151 Å². The molecule has 3 aromatic rings. The Morgan fingerprint density at radius 2 is 1.96 bits per heavy atom. The van der Waals surface area contributed by atoms with Crippen molar-refractivity contribution in [1.29, 1.82) is 0 Å². The van der Waals surface area contributed by atoms with Crippen LogP contribution in [0.4, 0.5) is 0 Å². The fourth-order valence-corrected chi connectivity index (χ4v) is 3.20. The molecule has 1 heterocycles. The Balaban J connectivity index is 2.16. The molecule has 0 aliphatic carbocycles. The second kappa shape index (κ2) is 6.81. The lowest BCUT2D eigenvalue weighted by molar-refractivity contribution is 0.101. The lowest BCUT2D eigenvalue weighted by Crippen LogP contribution is -2.01. The van der Waals surface area contributed by atoms with Gasteiger partial charge >= 0.3 is 0 Å². The standard InChI is InChI=1S/C20H19ClO4/c1-4-5-13-10-15(21)18(23)16-11(2)19(25-20(13)16)17(22)12-6-8-14(24-3)9-7-12/h6-10,23H,4-5H2,1-3H3. The van der Waals surface area contributed by atoms with Crippen LogP contribution in [0.25, 0.3) is 11.0 Å². The van der Waals surface area contributed by atoms with Gasteiger partial charge in [-0.15, -0.1) is 0 Å². The van der Waals surface area contributed by atoms with Crippen molar-refractivity contribution in [3.63, 3.8) is 0 Å². The van der Waals surface area contributed by atoms with E-state index < -0.39 is 0 Å². The number of carbonyl (C=O) groups excluding carboxylic acids is 1. The molecular weight excluding hydrogens is 340 g/mol. The Bertz CT molecular complexity index is 939. The molecule has 0 bridgehead atoms. The second-order valence-corrected chi connectivity index (χ2v) is 6.34. The van der Waals surface area contributed by atoms with Gasteiger partial charge in [0.25, 0.3) is 0 Å². The smallest absolute Gasteiger partial charge is 0.228 e. The number of ketones is 1. The van der Waals surface area contributed by atoms with Gasteiger partial charge in [-0.25, -0.2) is 0 Å². The van der Waals surface area contributed by atoms with Crippen molar-refractivity contribution in [3.05, 3.63) is 57.8 Å². The van der Waals surface area contributed by atoms with Gasteiger partial charge in [-0.1, -0.05) is 24.9 Å². The zero-order valence-electron chi connectivity index (χ0n) is 14.4. The summed E-state index contributed by atoms with van der Waals surface area (Å²) < 4.78 is 11.0. The summed E-state index contributed by atoms with van der Waals surface area (Å²) in [5.74, 6) is 0.600. The number of fused-ring (bicyclic) bond motifs is 1.